The van der Waals surface area contributed by atoms with Crippen LogP contribution in [-0.4, -0.2) is 11.6 Å². The highest BCUT2D eigenvalue weighted by atomic mass is 35.5. The number of hydrogen-bond donors (Lipinski definition) is 0. The molecule has 0 atom stereocenters. The van der Waals surface area contributed by atoms with Gasteiger partial charge >= 0.3 is 6.18 Å². The molecule has 1 aromatic heterocycles. The van der Waals surface area contributed by atoms with Crippen LogP contribution in [0.5, 0.6) is 17.4 Å². The van der Waals surface area contributed by atoms with Gasteiger partial charge in [-0.25, -0.2) is 4.98 Å². The van der Waals surface area contributed by atoms with Crippen molar-refractivity contribution in [1.29, 1.82) is 0 Å². The van der Waals surface area contributed by atoms with E-state index in [1.807, 2.05) is 0 Å². The summed E-state index contributed by atoms with van der Waals surface area (Å²) in [6.07, 6.45) is -2.49. The minimum atomic E-state index is -4.55. The molecule has 0 bridgehead atoms. The number of aromatic nitrogens is 1. The number of hydrogen-bond acceptors (Lipinski definition) is 3. The van der Waals surface area contributed by atoms with Gasteiger partial charge in [-0.15, -0.1) is 0 Å². The van der Waals surface area contributed by atoms with Gasteiger partial charge in [-0.1, -0.05) is 46.4 Å². The molecule has 2 rings (SSSR count). The zero-order valence-corrected chi connectivity index (χ0v) is 15.1. The molecule has 0 aliphatic rings. The van der Waals surface area contributed by atoms with Crippen LogP contribution in [0.15, 0.2) is 41.0 Å². The van der Waals surface area contributed by atoms with Crippen molar-refractivity contribution in [2.24, 2.45) is 0 Å². The minimum Gasteiger partial charge on any atom is -0.489 e. The van der Waals surface area contributed by atoms with Gasteiger partial charge in [-0.2, -0.15) is 13.2 Å². The number of benzene rings is 1. The molecule has 25 heavy (non-hydrogen) atoms. The summed E-state index contributed by atoms with van der Waals surface area (Å²) in [7, 11) is 0. The van der Waals surface area contributed by atoms with Gasteiger partial charge in [0.15, 0.2) is 0 Å². The van der Waals surface area contributed by atoms with Crippen LogP contribution in [0.4, 0.5) is 13.2 Å². The standard InChI is InChI=1S/C15H8Cl4F3NO2/c16-10-6-9(24-4-3-13(18)19)1-2-12(10)25-14-11(17)5-8(7-23-14)15(20,21)22/h1-3,5-7H,4H2. The second-order valence-electron chi connectivity index (χ2n) is 4.51. The van der Waals surface area contributed by atoms with Crippen LogP contribution in [-0.2, 0) is 6.18 Å². The van der Waals surface area contributed by atoms with Gasteiger partial charge in [0, 0.05) is 12.3 Å². The predicted octanol–water partition coefficient (Wildman–Crippen LogP) is 6.90. The molecule has 10 heteroatoms. The fraction of sp³-hybridized carbons (Fsp3) is 0.133. The third-order valence-electron chi connectivity index (χ3n) is 2.73. The monoisotopic (exact) mass is 431 g/mol. The summed E-state index contributed by atoms with van der Waals surface area (Å²) in [5.74, 6) is 0.353. The molecule has 134 valence electrons. The lowest BCUT2D eigenvalue weighted by molar-refractivity contribution is -0.137. The van der Waals surface area contributed by atoms with Crippen LogP contribution < -0.4 is 9.47 Å². The first-order valence-corrected chi connectivity index (χ1v) is 8.02. The summed E-state index contributed by atoms with van der Waals surface area (Å²) >= 11 is 22.7. The molecule has 3 nitrogen and oxygen atoms in total. The van der Waals surface area contributed by atoms with Crippen molar-refractivity contribution in [1.82, 2.24) is 4.98 Å². The van der Waals surface area contributed by atoms with Gasteiger partial charge < -0.3 is 9.47 Å². The highest BCUT2D eigenvalue weighted by molar-refractivity contribution is 6.55. The SMILES string of the molecule is FC(F)(F)c1cnc(Oc2ccc(OCC=C(Cl)Cl)cc2Cl)c(Cl)c1. The molecular weight excluding hydrogens is 425 g/mol. The summed E-state index contributed by atoms with van der Waals surface area (Å²) in [5.41, 5.74) is -0.981. The molecule has 0 radical (unpaired) electrons. The number of halogens is 7. The van der Waals surface area contributed by atoms with E-state index >= 15 is 0 Å². The van der Waals surface area contributed by atoms with E-state index in [1.54, 1.807) is 0 Å². The van der Waals surface area contributed by atoms with E-state index in [0.717, 1.165) is 6.07 Å². The first-order chi connectivity index (χ1) is 11.7. The Kier molecular flexibility index (Phi) is 6.68. The maximum atomic E-state index is 12.6. The molecule has 1 heterocycles. The average Bonchev–Trinajstić information content (AvgIpc) is 2.50. The second kappa shape index (κ2) is 8.36. The Labute approximate surface area is 160 Å². The lowest BCUT2D eigenvalue weighted by Gasteiger charge is -2.11. The van der Waals surface area contributed by atoms with Crippen LogP contribution in [0, 0.1) is 0 Å². The normalized spacial score (nSPS) is 11.2. The molecular formula is C15H8Cl4F3NO2. The summed E-state index contributed by atoms with van der Waals surface area (Å²) in [5, 5.41) is -0.149. The summed E-state index contributed by atoms with van der Waals surface area (Å²) in [6, 6.07) is 5.16. The van der Waals surface area contributed by atoms with Crippen LogP contribution in [0.1, 0.15) is 5.56 Å². The number of nitrogens with zero attached hydrogens (tertiary/aromatic N) is 1. The van der Waals surface area contributed by atoms with Crippen LogP contribution >= 0.6 is 46.4 Å². The van der Waals surface area contributed by atoms with Crippen LogP contribution in [0.2, 0.25) is 10.0 Å². The van der Waals surface area contributed by atoms with Crippen LogP contribution in [0.25, 0.3) is 0 Å². The molecule has 0 unspecified atom stereocenters. The van der Waals surface area contributed by atoms with Crippen molar-refractivity contribution in [3.05, 3.63) is 56.6 Å². The second-order valence-corrected chi connectivity index (χ2v) is 6.33. The fourth-order valence-electron chi connectivity index (χ4n) is 1.61. The minimum absolute atomic E-state index is 0.0640. The van der Waals surface area contributed by atoms with Crippen molar-refractivity contribution in [3.8, 4) is 17.4 Å². The summed E-state index contributed by atoms with van der Waals surface area (Å²) in [4.78, 5) is 3.57. The third-order valence-corrected chi connectivity index (χ3v) is 3.61. The zero-order chi connectivity index (χ0) is 18.6. The summed E-state index contributed by atoms with van der Waals surface area (Å²) in [6.45, 7) is 0.130. The Balaban J connectivity index is 2.14. The number of ether oxygens (including phenoxy) is 2. The van der Waals surface area contributed by atoms with Crippen LogP contribution in [0.3, 0.4) is 0 Å². The smallest absolute Gasteiger partial charge is 0.417 e. The first kappa shape index (κ1) is 20.0. The van der Waals surface area contributed by atoms with E-state index in [9.17, 15) is 13.2 Å². The molecule has 0 aliphatic heterocycles. The third kappa shape index (κ3) is 5.85. The molecule has 0 amide bonds. The largest absolute Gasteiger partial charge is 0.489 e. The molecule has 0 N–H and O–H groups in total. The van der Waals surface area contributed by atoms with Crippen molar-refractivity contribution in [3.63, 3.8) is 0 Å². The molecule has 0 saturated heterocycles. The topological polar surface area (TPSA) is 31.4 Å². The van der Waals surface area contributed by atoms with E-state index in [1.165, 1.54) is 24.3 Å². The Morgan fingerprint density at radius 3 is 2.40 bits per heavy atom. The Morgan fingerprint density at radius 1 is 1.12 bits per heavy atom. The Morgan fingerprint density at radius 2 is 1.84 bits per heavy atom. The summed E-state index contributed by atoms with van der Waals surface area (Å²) < 4.78 is 48.5. The molecule has 1 aromatic carbocycles. The van der Waals surface area contributed by atoms with E-state index in [4.69, 9.17) is 55.9 Å². The Bertz CT molecular complexity index is 793. The van der Waals surface area contributed by atoms with E-state index < -0.39 is 11.7 Å². The number of pyridine rings is 1. The first-order valence-electron chi connectivity index (χ1n) is 6.51. The van der Waals surface area contributed by atoms with Crippen molar-refractivity contribution in [2.75, 3.05) is 6.61 Å². The van der Waals surface area contributed by atoms with E-state index in [-0.39, 0.29) is 32.8 Å². The highest BCUT2D eigenvalue weighted by Gasteiger charge is 2.31. The van der Waals surface area contributed by atoms with Gasteiger partial charge in [0.05, 0.1) is 10.6 Å². The van der Waals surface area contributed by atoms with Gasteiger partial charge in [0.2, 0.25) is 5.88 Å². The highest BCUT2D eigenvalue weighted by Crippen LogP contribution is 2.37. The lowest BCUT2D eigenvalue weighted by Crippen LogP contribution is -2.05. The van der Waals surface area contributed by atoms with Gasteiger partial charge in [0.1, 0.15) is 27.6 Å². The molecule has 0 fully saturated rings. The lowest BCUT2D eigenvalue weighted by atomic mass is 10.3. The van der Waals surface area contributed by atoms with Gasteiger partial charge in [0.25, 0.3) is 0 Å². The molecule has 0 spiro atoms. The number of rotatable bonds is 5. The van der Waals surface area contributed by atoms with Crippen molar-refractivity contribution in [2.45, 2.75) is 6.18 Å². The quantitative estimate of drug-likeness (QED) is 0.515. The Hall–Kier alpha value is -1.34. The zero-order valence-electron chi connectivity index (χ0n) is 12.1. The number of alkyl halides is 3. The maximum absolute atomic E-state index is 12.6. The maximum Gasteiger partial charge on any atom is 0.417 e. The average molecular weight is 433 g/mol. The van der Waals surface area contributed by atoms with Crippen molar-refractivity contribution >= 4 is 46.4 Å². The van der Waals surface area contributed by atoms with E-state index in [0.29, 0.717) is 11.9 Å². The predicted molar refractivity (Wildman–Crippen MR) is 91.1 cm³/mol. The molecule has 2 aromatic rings. The molecule has 0 aliphatic carbocycles. The van der Waals surface area contributed by atoms with Crippen molar-refractivity contribution < 1.29 is 22.6 Å². The van der Waals surface area contributed by atoms with Gasteiger partial charge in [-0.3, -0.25) is 0 Å². The van der Waals surface area contributed by atoms with Gasteiger partial charge in [-0.05, 0) is 24.3 Å². The fourth-order valence-corrected chi connectivity index (χ4v) is 2.15. The molecule has 0 saturated carbocycles. The van der Waals surface area contributed by atoms with E-state index in [2.05, 4.69) is 4.98 Å².